The molecule has 1 aliphatic rings. The molecule has 0 atom stereocenters. The molecule has 0 saturated carbocycles. The minimum atomic E-state index is -1.04. The molecule has 1 fully saturated rings. The van der Waals surface area contributed by atoms with Gasteiger partial charge in [0.05, 0.1) is 21.2 Å². The van der Waals surface area contributed by atoms with E-state index in [0.717, 1.165) is 0 Å². The summed E-state index contributed by atoms with van der Waals surface area (Å²) >= 11 is 7.06. The zero-order chi connectivity index (χ0) is 18.8. The van der Waals surface area contributed by atoms with Crippen molar-refractivity contribution in [1.29, 1.82) is 0 Å². The van der Waals surface area contributed by atoms with Crippen LogP contribution in [0.5, 0.6) is 5.75 Å². The number of aromatic hydroxyl groups is 1. The predicted molar refractivity (Wildman–Crippen MR) is 102 cm³/mol. The lowest BCUT2D eigenvalue weighted by atomic mass is 10.2. The number of hydrogen-bond acceptors (Lipinski definition) is 5. The molecule has 2 aromatic rings. The lowest BCUT2D eigenvalue weighted by Gasteiger charge is -2.07. The van der Waals surface area contributed by atoms with Crippen LogP contribution in [-0.4, -0.2) is 39.2 Å². The molecule has 8 heteroatoms. The molecule has 26 heavy (non-hydrogen) atoms. The molecule has 2 aromatic carbocycles. The van der Waals surface area contributed by atoms with E-state index < -0.39 is 5.97 Å². The number of halogens is 1. The number of carboxylic acids is 1. The Morgan fingerprint density at radius 3 is 2.73 bits per heavy atom. The van der Waals surface area contributed by atoms with E-state index in [-0.39, 0.29) is 22.2 Å². The Bertz CT molecular complexity index is 971. The summed E-state index contributed by atoms with van der Waals surface area (Å²) in [7, 11) is 1.60. The highest BCUT2D eigenvalue weighted by molar-refractivity contribution is 8.18. The highest BCUT2D eigenvalue weighted by atomic mass is 35.5. The molecule has 1 amide bonds. The number of aromatic carboxylic acids is 1. The SMILES string of the molecule is CN1C(=O)/C(=C\c2ccc(O)c(Cl)c2)SC1=Nc1cccc(C(=O)O)c1. The maximum absolute atomic E-state index is 12.4. The molecule has 3 rings (SSSR count). The van der Waals surface area contributed by atoms with Crippen LogP contribution in [0.15, 0.2) is 52.4 Å². The van der Waals surface area contributed by atoms with Gasteiger partial charge in [0.15, 0.2) is 5.17 Å². The normalized spacial score (nSPS) is 17.3. The first kappa shape index (κ1) is 18.0. The van der Waals surface area contributed by atoms with Crippen LogP contribution in [0.4, 0.5) is 5.69 Å². The zero-order valence-electron chi connectivity index (χ0n) is 13.5. The van der Waals surface area contributed by atoms with Crippen LogP contribution in [0, 0.1) is 0 Å². The van der Waals surface area contributed by atoms with Crippen LogP contribution in [0.3, 0.4) is 0 Å². The van der Waals surface area contributed by atoms with Crippen molar-refractivity contribution in [2.75, 3.05) is 7.05 Å². The van der Waals surface area contributed by atoms with E-state index in [4.69, 9.17) is 16.7 Å². The molecule has 0 aliphatic carbocycles. The smallest absolute Gasteiger partial charge is 0.335 e. The molecule has 6 nitrogen and oxygen atoms in total. The largest absolute Gasteiger partial charge is 0.506 e. The van der Waals surface area contributed by atoms with Crippen molar-refractivity contribution in [2.24, 2.45) is 4.99 Å². The molecule has 0 bridgehead atoms. The third kappa shape index (κ3) is 3.74. The second-order valence-corrected chi connectivity index (χ2v) is 6.85. The summed E-state index contributed by atoms with van der Waals surface area (Å²) in [6, 6.07) is 10.8. The van der Waals surface area contributed by atoms with Gasteiger partial charge in [0.1, 0.15) is 5.75 Å². The first-order valence-electron chi connectivity index (χ1n) is 7.43. The van der Waals surface area contributed by atoms with Crippen molar-refractivity contribution in [3.05, 3.63) is 63.5 Å². The molecular weight excluding hydrogens is 376 g/mol. The minimum Gasteiger partial charge on any atom is -0.506 e. The number of rotatable bonds is 3. The topological polar surface area (TPSA) is 90.2 Å². The van der Waals surface area contributed by atoms with Gasteiger partial charge in [0.25, 0.3) is 5.91 Å². The van der Waals surface area contributed by atoms with Crippen LogP contribution in [0.1, 0.15) is 15.9 Å². The molecule has 2 N–H and O–H groups in total. The quantitative estimate of drug-likeness (QED) is 0.776. The molecule has 1 heterocycles. The van der Waals surface area contributed by atoms with Gasteiger partial charge < -0.3 is 10.2 Å². The van der Waals surface area contributed by atoms with E-state index in [0.29, 0.717) is 21.3 Å². The van der Waals surface area contributed by atoms with Gasteiger partial charge in [-0.2, -0.15) is 0 Å². The van der Waals surface area contributed by atoms with Crippen LogP contribution < -0.4 is 0 Å². The van der Waals surface area contributed by atoms with Crippen LogP contribution >= 0.6 is 23.4 Å². The van der Waals surface area contributed by atoms with Crippen molar-refractivity contribution >= 4 is 52.2 Å². The van der Waals surface area contributed by atoms with Gasteiger partial charge in [-0.3, -0.25) is 9.69 Å². The zero-order valence-corrected chi connectivity index (χ0v) is 15.1. The molecule has 1 aliphatic heterocycles. The minimum absolute atomic E-state index is 0.0306. The molecular formula is C18H13ClN2O4S. The fourth-order valence-electron chi connectivity index (χ4n) is 2.23. The molecule has 132 valence electrons. The second-order valence-electron chi connectivity index (χ2n) is 5.44. The van der Waals surface area contributed by atoms with Gasteiger partial charge >= 0.3 is 5.97 Å². The summed E-state index contributed by atoms with van der Waals surface area (Å²) in [6.07, 6.45) is 1.66. The maximum atomic E-state index is 12.4. The van der Waals surface area contributed by atoms with Crippen molar-refractivity contribution in [1.82, 2.24) is 4.90 Å². The summed E-state index contributed by atoms with van der Waals surface area (Å²) in [4.78, 5) is 29.7. The van der Waals surface area contributed by atoms with E-state index in [1.54, 1.807) is 37.4 Å². The summed E-state index contributed by atoms with van der Waals surface area (Å²) in [5, 5.41) is 19.2. The Balaban J connectivity index is 1.91. The van der Waals surface area contributed by atoms with E-state index in [1.165, 1.54) is 34.9 Å². The number of hydrogen-bond donors (Lipinski definition) is 2. The standard InChI is InChI=1S/C18H13ClN2O4S/c1-21-16(23)15(8-10-5-6-14(22)13(19)7-10)26-18(21)20-12-4-2-3-11(9-12)17(24)25/h2-9,22H,1H3,(H,24,25)/b15-8+,20-18?. The second kappa shape index (κ2) is 7.23. The predicted octanol–water partition coefficient (Wildman–Crippen LogP) is 3.98. The molecule has 0 spiro atoms. The first-order chi connectivity index (χ1) is 12.3. The van der Waals surface area contributed by atoms with Crippen LogP contribution in [0.2, 0.25) is 5.02 Å². The molecule has 0 radical (unpaired) electrons. The Morgan fingerprint density at radius 2 is 2.04 bits per heavy atom. The van der Waals surface area contributed by atoms with Gasteiger partial charge in [-0.05, 0) is 53.7 Å². The fraction of sp³-hybridized carbons (Fsp3) is 0.0556. The Morgan fingerprint density at radius 1 is 1.27 bits per heavy atom. The van der Waals surface area contributed by atoms with Gasteiger partial charge in [0, 0.05) is 7.05 Å². The number of phenols is 1. The van der Waals surface area contributed by atoms with E-state index in [9.17, 15) is 14.7 Å². The number of nitrogens with zero attached hydrogens (tertiary/aromatic N) is 2. The van der Waals surface area contributed by atoms with E-state index in [1.807, 2.05) is 0 Å². The Hall–Kier alpha value is -2.77. The third-order valence-electron chi connectivity index (χ3n) is 3.59. The first-order valence-corrected chi connectivity index (χ1v) is 8.63. The Kier molecular flexibility index (Phi) is 5.01. The third-order valence-corrected chi connectivity index (χ3v) is 4.95. The van der Waals surface area contributed by atoms with Crippen molar-refractivity contribution in [2.45, 2.75) is 0 Å². The fourth-order valence-corrected chi connectivity index (χ4v) is 3.41. The summed E-state index contributed by atoms with van der Waals surface area (Å²) in [5.41, 5.74) is 1.24. The Labute approximate surface area is 158 Å². The lowest BCUT2D eigenvalue weighted by molar-refractivity contribution is -0.121. The van der Waals surface area contributed by atoms with Crippen molar-refractivity contribution < 1.29 is 19.8 Å². The summed E-state index contributed by atoms with van der Waals surface area (Å²) in [6.45, 7) is 0. The number of thioether (sulfide) groups is 1. The van der Waals surface area contributed by atoms with Gasteiger partial charge in [-0.15, -0.1) is 0 Å². The number of carboxylic acid groups (broad SMARTS) is 1. The van der Waals surface area contributed by atoms with Crippen molar-refractivity contribution in [3.63, 3.8) is 0 Å². The van der Waals surface area contributed by atoms with E-state index in [2.05, 4.69) is 4.99 Å². The lowest BCUT2D eigenvalue weighted by Crippen LogP contribution is -2.23. The molecule has 1 saturated heterocycles. The summed E-state index contributed by atoms with van der Waals surface area (Å²) in [5.74, 6) is -1.30. The number of benzene rings is 2. The molecule has 0 aromatic heterocycles. The number of carbonyl (C=O) groups is 2. The van der Waals surface area contributed by atoms with Gasteiger partial charge in [-0.25, -0.2) is 9.79 Å². The summed E-state index contributed by atoms with van der Waals surface area (Å²) < 4.78 is 0. The number of phenolic OH excluding ortho intramolecular Hbond substituents is 1. The van der Waals surface area contributed by atoms with Gasteiger partial charge in [-0.1, -0.05) is 23.7 Å². The highest BCUT2D eigenvalue weighted by Gasteiger charge is 2.30. The number of amidine groups is 1. The van der Waals surface area contributed by atoms with Crippen LogP contribution in [-0.2, 0) is 4.79 Å². The number of amides is 1. The number of aliphatic imine (C=N–C) groups is 1. The molecule has 0 unspecified atom stereocenters. The maximum Gasteiger partial charge on any atom is 0.335 e. The number of likely N-dealkylation sites (N-methyl/N-ethyl adjacent to an activating group) is 1. The average molecular weight is 389 g/mol. The van der Waals surface area contributed by atoms with Crippen molar-refractivity contribution in [3.8, 4) is 5.75 Å². The monoisotopic (exact) mass is 388 g/mol. The average Bonchev–Trinajstić information content (AvgIpc) is 2.86. The van der Waals surface area contributed by atoms with Gasteiger partial charge in [0.2, 0.25) is 0 Å². The van der Waals surface area contributed by atoms with E-state index >= 15 is 0 Å². The highest BCUT2D eigenvalue weighted by Crippen LogP contribution is 2.34. The van der Waals surface area contributed by atoms with Crippen LogP contribution in [0.25, 0.3) is 6.08 Å². The number of carbonyl (C=O) groups excluding carboxylic acids is 1.